The average Bonchev–Trinajstić information content (AvgIpc) is 2.46. The van der Waals surface area contributed by atoms with Gasteiger partial charge in [0.05, 0.1) is 19.8 Å². The number of nitrogens with one attached hydrogen (secondary N) is 4. The molecule has 3 saturated heterocycles. The van der Waals surface area contributed by atoms with Crippen molar-refractivity contribution in [2.24, 2.45) is 10.8 Å². The summed E-state index contributed by atoms with van der Waals surface area (Å²) < 4.78 is 12.1. The monoisotopic (exact) mass is 316 g/mol. The molecule has 3 fully saturated rings. The molecular weight excluding hydrogens is 292 g/mol. The highest BCUT2D eigenvalue weighted by Crippen LogP contribution is 2.60. The number of ether oxygens (including phenoxy) is 2. The Morgan fingerprint density at radius 3 is 1.96 bits per heavy atom. The predicted octanol–water partition coefficient (Wildman–Crippen LogP) is -0.235. The molecule has 0 radical (unpaired) electrons. The molecule has 1 unspecified atom stereocenters. The summed E-state index contributed by atoms with van der Waals surface area (Å²) in [6.07, 6.45) is 3.46. The van der Waals surface area contributed by atoms with Gasteiger partial charge in [-0.25, -0.2) is 0 Å². The van der Waals surface area contributed by atoms with E-state index in [2.05, 4.69) is 21.3 Å². The minimum absolute atomic E-state index is 0.183. The normalized spacial score (nSPS) is 38.6. The highest BCUT2D eigenvalue weighted by molar-refractivity contribution is 5.53. The van der Waals surface area contributed by atoms with Crippen LogP contribution in [0.5, 0.6) is 0 Å². The van der Waals surface area contributed by atoms with Crippen molar-refractivity contribution in [1.29, 1.82) is 0 Å². The molecule has 0 aromatic rings. The molecule has 6 heteroatoms. The van der Waals surface area contributed by atoms with E-state index in [1.54, 1.807) is 0 Å². The lowest BCUT2D eigenvalue weighted by Gasteiger charge is -2.63. The fraction of sp³-hybridized carbons (Fsp3) is 0.765. The molecule has 1 atom stereocenters. The smallest absolute Gasteiger partial charge is 0.121 e. The van der Waals surface area contributed by atoms with Crippen molar-refractivity contribution in [2.45, 2.75) is 24.9 Å². The zero-order valence-electron chi connectivity index (χ0n) is 13.4. The predicted molar refractivity (Wildman–Crippen MR) is 84.3 cm³/mol. The van der Waals surface area contributed by atoms with Crippen molar-refractivity contribution in [3.63, 3.8) is 0 Å². The molecule has 6 rings (SSSR count). The minimum Gasteiger partial charge on any atom is -0.379 e. The molecule has 0 aliphatic carbocycles. The highest BCUT2D eigenvalue weighted by atomic mass is 16.5. The lowest BCUT2D eigenvalue weighted by atomic mass is 9.55. The number of hydrogen-bond acceptors (Lipinski definition) is 6. The van der Waals surface area contributed by atoms with Crippen molar-refractivity contribution in [1.82, 2.24) is 21.3 Å². The molecule has 0 aromatic carbocycles. The van der Waals surface area contributed by atoms with Gasteiger partial charge in [-0.05, 0) is 12.8 Å². The summed E-state index contributed by atoms with van der Waals surface area (Å²) in [6, 6.07) is 0. The van der Waals surface area contributed by atoms with Crippen LogP contribution >= 0.6 is 0 Å². The zero-order valence-corrected chi connectivity index (χ0v) is 13.4. The van der Waals surface area contributed by atoms with Crippen LogP contribution in [0.15, 0.2) is 22.8 Å². The van der Waals surface area contributed by atoms with Crippen LogP contribution in [0.3, 0.4) is 0 Å². The molecule has 124 valence electrons. The standard InChI is InChI=1S/C17H24N4O2/c1-4-19-13-11(15(1)7-18-8-15)17(3-6-23-17)12-14(21-13)20-5-2-16(12)9-22-10-16/h18-21H,1-10H2. The van der Waals surface area contributed by atoms with Gasteiger partial charge < -0.3 is 30.7 Å². The van der Waals surface area contributed by atoms with Crippen molar-refractivity contribution in [3.05, 3.63) is 22.8 Å². The molecule has 4 N–H and O–H groups in total. The lowest BCUT2D eigenvalue weighted by Crippen LogP contribution is -2.71. The third kappa shape index (κ3) is 1.38. The summed E-state index contributed by atoms with van der Waals surface area (Å²) in [5.74, 6) is 2.40. The second kappa shape index (κ2) is 4.05. The van der Waals surface area contributed by atoms with Gasteiger partial charge in [0, 0.05) is 54.6 Å². The first-order valence-electron chi connectivity index (χ1n) is 8.96. The molecular formula is C17H24N4O2. The molecule has 23 heavy (non-hydrogen) atoms. The van der Waals surface area contributed by atoms with E-state index in [-0.39, 0.29) is 16.4 Å². The van der Waals surface area contributed by atoms with Gasteiger partial charge in [-0.3, -0.25) is 0 Å². The molecule has 0 bridgehead atoms. The van der Waals surface area contributed by atoms with E-state index < -0.39 is 0 Å². The van der Waals surface area contributed by atoms with Gasteiger partial charge in [-0.15, -0.1) is 0 Å². The average molecular weight is 316 g/mol. The second-order valence-electron chi connectivity index (χ2n) is 8.06. The summed E-state index contributed by atoms with van der Waals surface area (Å²) >= 11 is 0. The fourth-order valence-electron chi connectivity index (χ4n) is 5.65. The Morgan fingerprint density at radius 2 is 1.48 bits per heavy atom. The van der Waals surface area contributed by atoms with Crippen molar-refractivity contribution in [3.8, 4) is 0 Å². The van der Waals surface area contributed by atoms with Crippen LogP contribution in [0, 0.1) is 10.8 Å². The van der Waals surface area contributed by atoms with E-state index >= 15 is 0 Å². The number of fused-ring (bicyclic) bond motifs is 4. The fourth-order valence-corrected chi connectivity index (χ4v) is 5.65. The van der Waals surface area contributed by atoms with Crippen molar-refractivity contribution in [2.75, 3.05) is 46.0 Å². The Labute approximate surface area is 136 Å². The molecule has 0 amide bonds. The molecule has 0 aromatic heterocycles. The van der Waals surface area contributed by atoms with E-state index in [1.165, 1.54) is 29.2 Å². The summed E-state index contributed by atoms with van der Waals surface area (Å²) in [5.41, 5.74) is 3.22. The quantitative estimate of drug-likeness (QED) is 0.495. The van der Waals surface area contributed by atoms with E-state index in [0.717, 1.165) is 58.8 Å². The number of dihydropyridines is 1. The lowest BCUT2D eigenvalue weighted by molar-refractivity contribution is -0.165. The summed E-state index contributed by atoms with van der Waals surface area (Å²) in [5, 5.41) is 14.4. The van der Waals surface area contributed by atoms with Crippen LogP contribution in [-0.2, 0) is 9.47 Å². The van der Waals surface area contributed by atoms with E-state index in [0.29, 0.717) is 0 Å². The first kappa shape index (κ1) is 13.1. The maximum Gasteiger partial charge on any atom is 0.121 e. The van der Waals surface area contributed by atoms with Gasteiger partial charge in [0.1, 0.15) is 17.2 Å². The zero-order chi connectivity index (χ0) is 15.1. The second-order valence-corrected chi connectivity index (χ2v) is 8.06. The topological polar surface area (TPSA) is 66.6 Å². The van der Waals surface area contributed by atoms with Gasteiger partial charge in [-0.2, -0.15) is 0 Å². The molecule has 6 heterocycles. The molecule has 6 aliphatic heterocycles. The Hall–Kier alpha value is -1.24. The van der Waals surface area contributed by atoms with Gasteiger partial charge in [0.25, 0.3) is 0 Å². The van der Waals surface area contributed by atoms with Crippen LogP contribution in [0.25, 0.3) is 0 Å². The van der Waals surface area contributed by atoms with Crippen LogP contribution in [-0.4, -0.2) is 51.6 Å². The van der Waals surface area contributed by atoms with Crippen LogP contribution in [0.1, 0.15) is 19.3 Å². The molecule has 6 aliphatic rings. The van der Waals surface area contributed by atoms with Crippen LogP contribution in [0.4, 0.5) is 0 Å². The maximum absolute atomic E-state index is 6.44. The summed E-state index contributed by atoms with van der Waals surface area (Å²) in [6.45, 7) is 6.79. The van der Waals surface area contributed by atoms with E-state index in [1.807, 2.05) is 0 Å². The Morgan fingerprint density at radius 1 is 0.826 bits per heavy atom. The maximum atomic E-state index is 6.44. The van der Waals surface area contributed by atoms with Gasteiger partial charge in [0.15, 0.2) is 0 Å². The highest BCUT2D eigenvalue weighted by Gasteiger charge is 2.65. The van der Waals surface area contributed by atoms with Gasteiger partial charge >= 0.3 is 0 Å². The SMILES string of the molecule is C1CC2(CNC2)C2=C(N1)NC1=C(C3(CCN1)COC3)C21CCO1. The van der Waals surface area contributed by atoms with Crippen molar-refractivity contribution >= 4 is 0 Å². The third-order valence-corrected chi connectivity index (χ3v) is 6.92. The van der Waals surface area contributed by atoms with E-state index in [4.69, 9.17) is 9.47 Å². The van der Waals surface area contributed by atoms with E-state index in [9.17, 15) is 0 Å². The molecule has 0 saturated carbocycles. The first-order valence-corrected chi connectivity index (χ1v) is 8.96. The Balaban J connectivity index is 1.55. The molecule has 3 spiro atoms. The summed E-state index contributed by atoms with van der Waals surface area (Å²) in [7, 11) is 0. The van der Waals surface area contributed by atoms with Crippen LogP contribution < -0.4 is 21.3 Å². The van der Waals surface area contributed by atoms with Gasteiger partial charge in [-0.1, -0.05) is 0 Å². The van der Waals surface area contributed by atoms with Crippen LogP contribution in [0.2, 0.25) is 0 Å². The Kier molecular flexibility index (Phi) is 2.30. The largest absolute Gasteiger partial charge is 0.379 e. The molecule has 6 nitrogen and oxygen atoms in total. The summed E-state index contributed by atoms with van der Waals surface area (Å²) in [4.78, 5) is 0. The third-order valence-electron chi connectivity index (χ3n) is 6.92. The number of hydrogen-bond donors (Lipinski definition) is 4. The minimum atomic E-state index is -0.192. The Bertz CT molecular complexity index is 591. The van der Waals surface area contributed by atoms with Crippen molar-refractivity contribution < 1.29 is 9.47 Å². The van der Waals surface area contributed by atoms with Gasteiger partial charge in [0.2, 0.25) is 0 Å². The first-order chi connectivity index (χ1) is 11.3. The number of rotatable bonds is 0.